The van der Waals surface area contributed by atoms with Crippen molar-refractivity contribution in [3.63, 3.8) is 0 Å². The van der Waals surface area contributed by atoms with Crippen molar-refractivity contribution in [3.8, 4) is 11.5 Å². The predicted molar refractivity (Wildman–Crippen MR) is 81.4 cm³/mol. The van der Waals surface area contributed by atoms with E-state index in [4.69, 9.17) is 9.47 Å². The van der Waals surface area contributed by atoms with E-state index < -0.39 is 0 Å². The Labute approximate surface area is 129 Å². The maximum absolute atomic E-state index is 12.9. The molecule has 0 aliphatic carbocycles. The van der Waals surface area contributed by atoms with Crippen LogP contribution in [0.25, 0.3) is 0 Å². The molecule has 2 aliphatic rings. The van der Waals surface area contributed by atoms with Gasteiger partial charge in [0.2, 0.25) is 6.79 Å². The standard InChI is InChI=1S/C18H18FNO2/c19-16-5-3-13(4-6-16)2-1-7-20-10-14-8-17-18(22-12-21-17)9-15(14)11-20/h3-6,8-9H,1-2,7,10-12H2. The first-order valence-electron chi connectivity index (χ1n) is 7.66. The van der Waals surface area contributed by atoms with Crippen molar-refractivity contribution in [2.75, 3.05) is 13.3 Å². The monoisotopic (exact) mass is 299 g/mol. The Hall–Kier alpha value is -2.07. The molecule has 2 heterocycles. The van der Waals surface area contributed by atoms with Gasteiger partial charge in [-0.1, -0.05) is 12.1 Å². The van der Waals surface area contributed by atoms with Gasteiger partial charge in [-0.05, 0) is 60.3 Å². The first kappa shape index (κ1) is 13.6. The summed E-state index contributed by atoms with van der Waals surface area (Å²) in [5, 5.41) is 0. The van der Waals surface area contributed by atoms with E-state index in [1.165, 1.54) is 28.8 Å². The number of hydrogen-bond donors (Lipinski definition) is 0. The van der Waals surface area contributed by atoms with E-state index in [9.17, 15) is 4.39 Å². The van der Waals surface area contributed by atoms with Crippen LogP contribution in [0, 0.1) is 5.82 Å². The van der Waals surface area contributed by atoms with E-state index >= 15 is 0 Å². The molecule has 0 bridgehead atoms. The van der Waals surface area contributed by atoms with Gasteiger partial charge in [0, 0.05) is 13.1 Å². The van der Waals surface area contributed by atoms with E-state index in [1.807, 2.05) is 12.1 Å². The lowest BCUT2D eigenvalue weighted by Crippen LogP contribution is -2.18. The minimum absolute atomic E-state index is 0.170. The van der Waals surface area contributed by atoms with E-state index in [1.54, 1.807) is 0 Å². The molecular formula is C18H18FNO2. The lowest BCUT2D eigenvalue weighted by molar-refractivity contribution is 0.173. The van der Waals surface area contributed by atoms with Crippen LogP contribution in [0.2, 0.25) is 0 Å². The highest BCUT2D eigenvalue weighted by atomic mass is 19.1. The summed E-state index contributed by atoms with van der Waals surface area (Å²) in [7, 11) is 0. The van der Waals surface area contributed by atoms with Crippen LogP contribution in [0.1, 0.15) is 23.1 Å². The Balaban J connectivity index is 1.33. The summed E-state index contributed by atoms with van der Waals surface area (Å²) < 4.78 is 23.7. The van der Waals surface area contributed by atoms with Crippen LogP contribution in [-0.2, 0) is 19.5 Å². The van der Waals surface area contributed by atoms with Gasteiger partial charge in [-0.15, -0.1) is 0 Å². The molecule has 2 aromatic rings. The van der Waals surface area contributed by atoms with Gasteiger partial charge in [0.25, 0.3) is 0 Å². The highest BCUT2D eigenvalue weighted by molar-refractivity contribution is 5.49. The number of fused-ring (bicyclic) bond motifs is 2. The molecule has 0 amide bonds. The quantitative estimate of drug-likeness (QED) is 0.862. The van der Waals surface area contributed by atoms with Crippen LogP contribution in [-0.4, -0.2) is 18.2 Å². The second kappa shape index (κ2) is 5.61. The number of aryl methyl sites for hydroxylation is 1. The van der Waals surface area contributed by atoms with E-state index in [0.717, 1.165) is 44.0 Å². The minimum Gasteiger partial charge on any atom is -0.454 e. The van der Waals surface area contributed by atoms with Crippen LogP contribution in [0.3, 0.4) is 0 Å². The van der Waals surface area contributed by atoms with Crippen LogP contribution in [0.4, 0.5) is 4.39 Å². The summed E-state index contributed by atoms with van der Waals surface area (Å²) in [5.74, 6) is 1.56. The molecule has 0 saturated carbocycles. The first-order chi connectivity index (χ1) is 10.8. The van der Waals surface area contributed by atoms with Gasteiger partial charge in [-0.25, -0.2) is 4.39 Å². The number of halogens is 1. The number of nitrogens with zero attached hydrogens (tertiary/aromatic N) is 1. The average Bonchev–Trinajstić information content (AvgIpc) is 3.12. The second-order valence-electron chi connectivity index (χ2n) is 5.91. The largest absolute Gasteiger partial charge is 0.454 e. The summed E-state index contributed by atoms with van der Waals surface area (Å²) >= 11 is 0. The fourth-order valence-electron chi connectivity index (χ4n) is 3.17. The molecule has 0 radical (unpaired) electrons. The van der Waals surface area contributed by atoms with E-state index in [-0.39, 0.29) is 5.82 Å². The molecule has 0 saturated heterocycles. The van der Waals surface area contributed by atoms with Gasteiger partial charge in [-0.2, -0.15) is 0 Å². The molecule has 0 spiro atoms. The normalized spacial score (nSPS) is 16.0. The molecule has 2 aromatic carbocycles. The summed E-state index contributed by atoms with van der Waals surface area (Å²) in [4.78, 5) is 2.43. The highest BCUT2D eigenvalue weighted by Gasteiger charge is 2.23. The summed E-state index contributed by atoms with van der Waals surface area (Å²) in [6.45, 7) is 3.31. The van der Waals surface area contributed by atoms with Gasteiger partial charge >= 0.3 is 0 Å². The maximum Gasteiger partial charge on any atom is 0.231 e. The lowest BCUT2D eigenvalue weighted by atomic mass is 10.1. The number of ether oxygens (including phenoxy) is 2. The Bertz CT molecular complexity index is 651. The Morgan fingerprint density at radius 1 is 0.955 bits per heavy atom. The summed E-state index contributed by atoms with van der Waals surface area (Å²) in [6.07, 6.45) is 2.06. The molecule has 2 aliphatic heterocycles. The van der Waals surface area contributed by atoms with E-state index in [0.29, 0.717) is 6.79 Å². The Morgan fingerprint density at radius 2 is 1.59 bits per heavy atom. The number of rotatable bonds is 4. The van der Waals surface area contributed by atoms with E-state index in [2.05, 4.69) is 17.0 Å². The third-order valence-electron chi connectivity index (χ3n) is 4.34. The minimum atomic E-state index is -0.170. The molecule has 0 unspecified atom stereocenters. The van der Waals surface area contributed by atoms with Crippen molar-refractivity contribution >= 4 is 0 Å². The second-order valence-corrected chi connectivity index (χ2v) is 5.91. The third kappa shape index (κ3) is 2.66. The zero-order valence-electron chi connectivity index (χ0n) is 12.3. The van der Waals surface area contributed by atoms with Gasteiger partial charge in [-0.3, -0.25) is 4.90 Å². The topological polar surface area (TPSA) is 21.7 Å². The molecule has 0 N–H and O–H groups in total. The van der Waals surface area contributed by atoms with Gasteiger partial charge < -0.3 is 9.47 Å². The highest BCUT2D eigenvalue weighted by Crippen LogP contribution is 2.38. The Kier molecular flexibility index (Phi) is 3.47. The fraction of sp³-hybridized carbons (Fsp3) is 0.333. The first-order valence-corrected chi connectivity index (χ1v) is 7.66. The number of hydrogen-bond acceptors (Lipinski definition) is 3. The van der Waals surface area contributed by atoms with Crippen molar-refractivity contribution < 1.29 is 13.9 Å². The van der Waals surface area contributed by atoms with Crippen molar-refractivity contribution in [2.45, 2.75) is 25.9 Å². The molecule has 114 valence electrons. The summed E-state index contributed by atoms with van der Waals surface area (Å²) in [6, 6.07) is 11.0. The van der Waals surface area contributed by atoms with Crippen molar-refractivity contribution in [1.82, 2.24) is 4.90 Å². The number of benzene rings is 2. The molecule has 0 fully saturated rings. The summed E-state index contributed by atoms with van der Waals surface area (Å²) in [5.41, 5.74) is 3.87. The smallest absolute Gasteiger partial charge is 0.231 e. The van der Waals surface area contributed by atoms with Crippen molar-refractivity contribution in [1.29, 1.82) is 0 Å². The van der Waals surface area contributed by atoms with Crippen LogP contribution < -0.4 is 9.47 Å². The molecule has 3 nitrogen and oxygen atoms in total. The zero-order valence-corrected chi connectivity index (χ0v) is 12.3. The fourth-order valence-corrected chi connectivity index (χ4v) is 3.17. The average molecular weight is 299 g/mol. The van der Waals surface area contributed by atoms with Crippen LogP contribution in [0.15, 0.2) is 36.4 Å². The van der Waals surface area contributed by atoms with Crippen molar-refractivity contribution in [3.05, 3.63) is 58.9 Å². The molecule has 22 heavy (non-hydrogen) atoms. The molecule has 0 aromatic heterocycles. The Morgan fingerprint density at radius 3 is 2.23 bits per heavy atom. The molecular weight excluding hydrogens is 281 g/mol. The van der Waals surface area contributed by atoms with Gasteiger partial charge in [0.1, 0.15) is 5.82 Å². The van der Waals surface area contributed by atoms with Gasteiger partial charge in [0.05, 0.1) is 0 Å². The maximum atomic E-state index is 12.9. The van der Waals surface area contributed by atoms with Gasteiger partial charge in [0.15, 0.2) is 11.5 Å². The predicted octanol–water partition coefficient (Wildman–Crippen LogP) is 3.50. The molecule has 4 heteroatoms. The lowest BCUT2D eigenvalue weighted by Gasteiger charge is -2.14. The SMILES string of the molecule is Fc1ccc(CCCN2Cc3cc4c(cc3C2)OCO4)cc1. The molecule has 0 atom stereocenters. The zero-order chi connectivity index (χ0) is 14.9. The van der Waals surface area contributed by atoms with Crippen LogP contribution in [0.5, 0.6) is 11.5 Å². The third-order valence-corrected chi connectivity index (χ3v) is 4.34. The van der Waals surface area contributed by atoms with Crippen LogP contribution >= 0.6 is 0 Å². The molecule has 4 rings (SSSR count). The van der Waals surface area contributed by atoms with Crippen molar-refractivity contribution in [2.24, 2.45) is 0 Å².